The van der Waals surface area contributed by atoms with E-state index in [1.807, 2.05) is 0 Å². The number of aliphatic hydroxyl groups excluding tert-OH is 3. The summed E-state index contributed by atoms with van der Waals surface area (Å²) in [4.78, 5) is 0. The van der Waals surface area contributed by atoms with Crippen LogP contribution in [0, 0.1) is 5.92 Å². The van der Waals surface area contributed by atoms with Crippen molar-refractivity contribution in [1.82, 2.24) is 0 Å². The molecule has 0 radical (unpaired) electrons. The van der Waals surface area contributed by atoms with Gasteiger partial charge in [-0.25, -0.2) is 0 Å². The maximum absolute atomic E-state index is 9.34. The van der Waals surface area contributed by atoms with Crippen LogP contribution in [0.25, 0.3) is 0 Å². The highest BCUT2D eigenvalue weighted by atomic mass is 16.3. The van der Waals surface area contributed by atoms with Crippen LogP contribution < -0.4 is 11.5 Å². The predicted octanol–water partition coefficient (Wildman–Crippen LogP) is -2.38. The number of rotatable bonds is 5. The Bertz CT molecular complexity index is 109. The average Bonchev–Trinajstić information content (AvgIpc) is 2.12. The van der Waals surface area contributed by atoms with Crippen LogP contribution in [0.1, 0.15) is 6.92 Å². The molecule has 0 aliphatic carbocycles. The number of nitrogens with two attached hydrogens (primary N) is 2. The van der Waals surface area contributed by atoms with Crippen LogP contribution in [0.5, 0.6) is 0 Å². The molecule has 4 unspecified atom stereocenters. The third-order valence-corrected chi connectivity index (χ3v) is 2.02. The molecule has 0 aromatic heterocycles. The minimum Gasteiger partial charge on any atom is -0.391 e. The SMILES string of the molecule is CC(C(O)CN)C(O)C(O)CN. The molecule has 7 N–H and O–H groups in total. The van der Waals surface area contributed by atoms with Gasteiger partial charge >= 0.3 is 0 Å². The van der Waals surface area contributed by atoms with Crippen LogP contribution in [-0.4, -0.2) is 46.7 Å². The van der Waals surface area contributed by atoms with E-state index in [1.54, 1.807) is 6.92 Å². The van der Waals surface area contributed by atoms with E-state index < -0.39 is 24.2 Å². The zero-order valence-electron chi connectivity index (χ0n) is 7.22. The Morgan fingerprint density at radius 1 is 1.00 bits per heavy atom. The van der Waals surface area contributed by atoms with Gasteiger partial charge in [-0.3, -0.25) is 0 Å². The molecule has 0 bridgehead atoms. The lowest BCUT2D eigenvalue weighted by atomic mass is 9.94. The van der Waals surface area contributed by atoms with E-state index in [2.05, 4.69) is 0 Å². The van der Waals surface area contributed by atoms with E-state index in [0.717, 1.165) is 0 Å². The van der Waals surface area contributed by atoms with E-state index in [0.29, 0.717) is 0 Å². The van der Waals surface area contributed by atoms with Crippen molar-refractivity contribution in [3.05, 3.63) is 0 Å². The second-order valence-corrected chi connectivity index (χ2v) is 2.96. The molecule has 5 heteroatoms. The quantitative estimate of drug-likeness (QED) is 0.323. The summed E-state index contributed by atoms with van der Waals surface area (Å²) < 4.78 is 0. The summed E-state index contributed by atoms with van der Waals surface area (Å²) >= 11 is 0. The lowest BCUT2D eigenvalue weighted by Gasteiger charge is -2.26. The van der Waals surface area contributed by atoms with Gasteiger partial charge < -0.3 is 26.8 Å². The standard InChI is InChI=1S/C7H18N2O3/c1-4(5(10)2-8)7(12)6(11)3-9/h4-7,10-12H,2-3,8-9H2,1H3. The zero-order valence-corrected chi connectivity index (χ0v) is 7.22. The fourth-order valence-electron chi connectivity index (χ4n) is 0.932. The molecular weight excluding hydrogens is 160 g/mol. The van der Waals surface area contributed by atoms with Crippen LogP contribution in [0.15, 0.2) is 0 Å². The lowest BCUT2D eigenvalue weighted by molar-refractivity contribution is -0.0449. The first-order chi connectivity index (χ1) is 5.54. The molecule has 74 valence electrons. The molecule has 4 atom stereocenters. The molecule has 5 nitrogen and oxygen atoms in total. The predicted molar refractivity (Wildman–Crippen MR) is 45.3 cm³/mol. The van der Waals surface area contributed by atoms with Crippen LogP contribution in [0.4, 0.5) is 0 Å². The monoisotopic (exact) mass is 178 g/mol. The van der Waals surface area contributed by atoms with Gasteiger partial charge in [0.2, 0.25) is 0 Å². The third kappa shape index (κ3) is 3.04. The Kier molecular flexibility index (Phi) is 5.36. The molecule has 0 rings (SSSR count). The van der Waals surface area contributed by atoms with E-state index in [9.17, 15) is 10.2 Å². The first-order valence-electron chi connectivity index (χ1n) is 3.98. The summed E-state index contributed by atoms with van der Waals surface area (Å²) in [6.45, 7) is 1.65. The summed E-state index contributed by atoms with van der Waals surface area (Å²) in [5, 5.41) is 27.7. The van der Waals surface area contributed by atoms with Crippen molar-refractivity contribution in [1.29, 1.82) is 0 Å². The molecule has 0 saturated carbocycles. The number of hydrogen-bond donors (Lipinski definition) is 5. The minimum atomic E-state index is -1.02. The highest BCUT2D eigenvalue weighted by Crippen LogP contribution is 2.10. The summed E-state index contributed by atoms with van der Waals surface area (Å²) in [6.07, 6.45) is -2.82. The first-order valence-corrected chi connectivity index (χ1v) is 3.98. The van der Waals surface area contributed by atoms with Crippen LogP contribution >= 0.6 is 0 Å². The third-order valence-electron chi connectivity index (χ3n) is 2.02. The maximum Gasteiger partial charge on any atom is 0.0924 e. The Morgan fingerprint density at radius 3 is 1.75 bits per heavy atom. The van der Waals surface area contributed by atoms with Gasteiger partial charge in [0, 0.05) is 19.0 Å². The second-order valence-electron chi connectivity index (χ2n) is 2.96. The van der Waals surface area contributed by atoms with Crippen molar-refractivity contribution in [2.24, 2.45) is 17.4 Å². The highest BCUT2D eigenvalue weighted by Gasteiger charge is 2.26. The van der Waals surface area contributed by atoms with Gasteiger partial charge in [0.1, 0.15) is 0 Å². The zero-order chi connectivity index (χ0) is 9.72. The van der Waals surface area contributed by atoms with Crippen molar-refractivity contribution in [3.8, 4) is 0 Å². The fraction of sp³-hybridized carbons (Fsp3) is 1.00. The van der Waals surface area contributed by atoms with E-state index in [-0.39, 0.29) is 13.1 Å². The molecule has 0 aliphatic heterocycles. The van der Waals surface area contributed by atoms with Gasteiger partial charge in [-0.05, 0) is 0 Å². The van der Waals surface area contributed by atoms with Crippen molar-refractivity contribution in [2.75, 3.05) is 13.1 Å². The molecule has 0 aliphatic rings. The number of hydrogen-bond acceptors (Lipinski definition) is 5. The molecule has 0 aromatic carbocycles. The molecule has 0 heterocycles. The van der Waals surface area contributed by atoms with Crippen LogP contribution in [-0.2, 0) is 0 Å². The van der Waals surface area contributed by atoms with Crippen LogP contribution in [0.2, 0.25) is 0 Å². The van der Waals surface area contributed by atoms with Crippen molar-refractivity contribution in [3.63, 3.8) is 0 Å². The summed E-state index contributed by atoms with van der Waals surface area (Å²) in [5.41, 5.74) is 10.3. The van der Waals surface area contributed by atoms with E-state index in [4.69, 9.17) is 16.6 Å². The summed E-state index contributed by atoms with van der Waals surface area (Å²) in [5.74, 6) is -0.464. The van der Waals surface area contributed by atoms with Crippen molar-refractivity contribution >= 4 is 0 Å². The fourth-order valence-corrected chi connectivity index (χ4v) is 0.932. The van der Waals surface area contributed by atoms with Gasteiger partial charge in [0.25, 0.3) is 0 Å². The Hall–Kier alpha value is -0.200. The average molecular weight is 178 g/mol. The molecule has 0 amide bonds. The summed E-state index contributed by atoms with van der Waals surface area (Å²) in [6, 6.07) is 0. The van der Waals surface area contributed by atoms with Crippen molar-refractivity contribution < 1.29 is 15.3 Å². The molecule has 0 saturated heterocycles. The van der Waals surface area contributed by atoms with E-state index in [1.165, 1.54) is 0 Å². The largest absolute Gasteiger partial charge is 0.391 e. The molecule has 0 spiro atoms. The van der Waals surface area contributed by atoms with Gasteiger partial charge in [0.05, 0.1) is 18.3 Å². The van der Waals surface area contributed by atoms with Gasteiger partial charge in [0.15, 0.2) is 0 Å². The van der Waals surface area contributed by atoms with Gasteiger partial charge in [-0.15, -0.1) is 0 Å². The Morgan fingerprint density at radius 2 is 1.42 bits per heavy atom. The smallest absolute Gasteiger partial charge is 0.0924 e. The Balaban J connectivity index is 3.99. The lowest BCUT2D eigenvalue weighted by Crippen LogP contribution is -2.44. The second kappa shape index (κ2) is 5.45. The molecule has 0 aromatic rings. The topological polar surface area (TPSA) is 113 Å². The first kappa shape index (κ1) is 11.8. The van der Waals surface area contributed by atoms with Crippen LogP contribution in [0.3, 0.4) is 0 Å². The minimum absolute atomic E-state index is 0.0250. The Labute approximate surface area is 72.0 Å². The van der Waals surface area contributed by atoms with Gasteiger partial charge in [-0.2, -0.15) is 0 Å². The van der Waals surface area contributed by atoms with E-state index >= 15 is 0 Å². The maximum atomic E-state index is 9.34. The summed E-state index contributed by atoms with van der Waals surface area (Å²) in [7, 11) is 0. The highest BCUT2D eigenvalue weighted by molar-refractivity contribution is 4.78. The molecule has 0 fully saturated rings. The van der Waals surface area contributed by atoms with Crippen molar-refractivity contribution in [2.45, 2.75) is 25.2 Å². The molecular formula is C7H18N2O3. The number of aliphatic hydroxyl groups is 3. The van der Waals surface area contributed by atoms with Gasteiger partial charge in [-0.1, -0.05) is 6.92 Å². The normalized spacial score (nSPS) is 21.5. The molecule has 12 heavy (non-hydrogen) atoms.